The van der Waals surface area contributed by atoms with E-state index in [0.29, 0.717) is 28.4 Å². The monoisotopic (exact) mass is 495 g/mol. The number of rotatable bonds is 8. The molecule has 1 aromatic heterocycles. The number of carbonyl (C=O) groups is 1. The Bertz CT molecular complexity index is 1260. The third-order valence-corrected chi connectivity index (χ3v) is 7.95. The van der Waals surface area contributed by atoms with Gasteiger partial charge < -0.3 is 14.8 Å². The van der Waals surface area contributed by atoms with E-state index in [1.165, 1.54) is 25.6 Å². The largest absolute Gasteiger partial charge is 0.318 e. The Morgan fingerprint density at radius 1 is 1.29 bits per heavy atom. The second-order valence-corrected chi connectivity index (χ2v) is 10.2. The van der Waals surface area contributed by atoms with E-state index in [1.807, 2.05) is 18.2 Å². The molecule has 0 unspecified atom stereocenters. The first kappa shape index (κ1) is 23.9. The highest BCUT2D eigenvalue weighted by Gasteiger charge is 2.38. The number of halogens is 2. The van der Waals surface area contributed by atoms with Gasteiger partial charge in [0.05, 0.1) is 6.54 Å². The van der Waals surface area contributed by atoms with Gasteiger partial charge in [-0.3, -0.25) is 4.79 Å². The van der Waals surface area contributed by atoms with E-state index in [0.717, 1.165) is 23.6 Å². The Hall–Kier alpha value is -2.77. The minimum absolute atomic E-state index is 0.103. The van der Waals surface area contributed by atoms with Gasteiger partial charge in [-0.05, 0) is 74.0 Å². The number of hydrogen-bond acceptors (Lipinski definition) is 4. The van der Waals surface area contributed by atoms with Crippen LogP contribution in [0.1, 0.15) is 78.4 Å². The van der Waals surface area contributed by atoms with Gasteiger partial charge in [-0.2, -0.15) is 0 Å². The van der Waals surface area contributed by atoms with Gasteiger partial charge in [-0.15, -0.1) is 10.2 Å². The molecule has 2 aliphatic rings. The maximum atomic E-state index is 16.2. The number of alkyl halides is 1. The number of carbonyl (C=O) groups excluding carboxylic acids is 1. The molecular weight excluding hydrogens is 465 g/mol. The third-order valence-electron chi connectivity index (χ3n) is 7.62. The first-order valence-electron chi connectivity index (χ1n) is 12.3. The number of benzene rings is 2. The van der Waals surface area contributed by atoms with Crippen LogP contribution in [0.2, 0.25) is 5.02 Å². The molecule has 2 aromatic carbocycles. The average molecular weight is 496 g/mol. The van der Waals surface area contributed by atoms with Crippen LogP contribution in [-0.2, 0) is 19.3 Å². The van der Waals surface area contributed by atoms with E-state index >= 15 is 4.39 Å². The smallest absolute Gasteiger partial charge is 0.258 e. The molecule has 8 heteroatoms. The molecule has 6 nitrogen and oxygen atoms in total. The molecular formula is C27H31ClFN5O. The summed E-state index contributed by atoms with van der Waals surface area (Å²) >= 11 is 6.66. The average Bonchev–Trinajstić information content (AvgIpc) is 3.41. The SMILES string of the molecule is CC[C@](F)(c1cccc(N2Cc3c(Cl)cc([C@@H](C)NCC4CCC4)cc3C2=O)c1)c1nncn1C. The number of amides is 1. The van der Waals surface area contributed by atoms with Gasteiger partial charge in [0.2, 0.25) is 0 Å². The van der Waals surface area contributed by atoms with Crippen LogP contribution >= 0.6 is 11.6 Å². The van der Waals surface area contributed by atoms with Crippen LogP contribution in [0.15, 0.2) is 42.7 Å². The summed E-state index contributed by atoms with van der Waals surface area (Å²) in [5.74, 6) is 0.870. The van der Waals surface area contributed by atoms with Crippen LogP contribution in [0.4, 0.5) is 10.1 Å². The second-order valence-electron chi connectivity index (χ2n) is 9.82. The van der Waals surface area contributed by atoms with E-state index in [-0.39, 0.29) is 24.2 Å². The van der Waals surface area contributed by atoms with E-state index < -0.39 is 5.67 Å². The fourth-order valence-corrected chi connectivity index (χ4v) is 5.34. The molecule has 5 rings (SSSR count). The molecule has 3 aromatic rings. The summed E-state index contributed by atoms with van der Waals surface area (Å²) in [5.41, 5.74) is 1.70. The number of aryl methyl sites for hydroxylation is 1. The number of hydrogen-bond donors (Lipinski definition) is 1. The number of nitrogens with one attached hydrogen (secondary N) is 1. The van der Waals surface area contributed by atoms with Crippen LogP contribution in [0.3, 0.4) is 0 Å². The zero-order valence-corrected chi connectivity index (χ0v) is 21.1. The summed E-state index contributed by atoms with van der Waals surface area (Å²) in [5, 5.41) is 12.0. The van der Waals surface area contributed by atoms with Gasteiger partial charge in [0.1, 0.15) is 6.33 Å². The highest BCUT2D eigenvalue weighted by atomic mass is 35.5. The van der Waals surface area contributed by atoms with Crippen molar-refractivity contribution in [2.24, 2.45) is 13.0 Å². The molecule has 1 aliphatic heterocycles. The Labute approximate surface area is 210 Å². The van der Waals surface area contributed by atoms with Crippen LogP contribution < -0.4 is 10.2 Å². The number of aromatic nitrogens is 3. The van der Waals surface area contributed by atoms with Crippen molar-refractivity contribution in [2.75, 3.05) is 11.4 Å². The van der Waals surface area contributed by atoms with Crippen molar-refractivity contribution in [3.63, 3.8) is 0 Å². The highest BCUT2D eigenvalue weighted by molar-refractivity contribution is 6.32. The number of anilines is 1. The standard InChI is InChI=1S/C27H31ClFN5O/c1-4-27(29,26-32-31-16-33(26)3)20-9-6-10-21(13-20)34-15-23-22(25(34)35)11-19(12-24(23)28)17(2)30-14-18-7-5-8-18/h6,9-13,16-18,30H,4-5,7-8,14-15H2,1-3H3/t17-,27+/m1/s1. The lowest BCUT2D eigenvalue weighted by molar-refractivity contribution is 0.0996. The van der Waals surface area contributed by atoms with Crippen molar-refractivity contribution >= 4 is 23.2 Å². The van der Waals surface area contributed by atoms with E-state index in [2.05, 4.69) is 22.4 Å². The molecule has 0 radical (unpaired) electrons. The van der Waals surface area contributed by atoms with Crippen molar-refractivity contribution in [3.8, 4) is 0 Å². The molecule has 0 saturated heterocycles. The molecule has 0 spiro atoms. The van der Waals surface area contributed by atoms with E-state index in [4.69, 9.17) is 11.6 Å². The zero-order valence-electron chi connectivity index (χ0n) is 20.4. The molecule has 184 valence electrons. The summed E-state index contributed by atoms with van der Waals surface area (Å²) in [4.78, 5) is 15.2. The summed E-state index contributed by atoms with van der Waals surface area (Å²) < 4.78 is 17.8. The minimum atomic E-state index is -1.82. The predicted molar refractivity (Wildman–Crippen MR) is 135 cm³/mol. The molecule has 1 aliphatic carbocycles. The summed E-state index contributed by atoms with van der Waals surface area (Å²) in [6, 6.07) is 11.1. The quantitative estimate of drug-likeness (QED) is 0.435. The molecule has 0 bridgehead atoms. The zero-order chi connectivity index (χ0) is 24.7. The van der Waals surface area contributed by atoms with Crippen molar-refractivity contribution in [2.45, 2.75) is 57.8 Å². The maximum Gasteiger partial charge on any atom is 0.258 e. The topological polar surface area (TPSA) is 63.1 Å². The Morgan fingerprint density at radius 3 is 2.74 bits per heavy atom. The lowest BCUT2D eigenvalue weighted by atomic mass is 9.85. The van der Waals surface area contributed by atoms with Crippen molar-refractivity contribution in [1.82, 2.24) is 20.1 Å². The molecule has 1 N–H and O–H groups in total. The van der Waals surface area contributed by atoms with E-state index in [9.17, 15) is 4.79 Å². The molecule has 35 heavy (non-hydrogen) atoms. The van der Waals surface area contributed by atoms with Crippen molar-refractivity contribution in [3.05, 3.63) is 75.8 Å². The first-order valence-corrected chi connectivity index (χ1v) is 12.7. The highest BCUT2D eigenvalue weighted by Crippen LogP contribution is 2.40. The minimum Gasteiger partial charge on any atom is -0.318 e. The Kier molecular flexibility index (Phi) is 6.40. The van der Waals surface area contributed by atoms with Gasteiger partial charge >= 0.3 is 0 Å². The Morgan fingerprint density at radius 2 is 2.09 bits per heavy atom. The number of nitrogens with zero attached hydrogens (tertiary/aromatic N) is 4. The van der Waals surface area contributed by atoms with Crippen LogP contribution in [-0.4, -0.2) is 27.2 Å². The summed E-state index contributed by atoms with van der Waals surface area (Å²) in [6.07, 6.45) is 5.57. The molecule has 1 saturated carbocycles. The molecule has 1 amide bonds. The van der Waals surface area contributed by atoms with Gasteiger partial charge in [0.15, 0.2) is 11.5 Å². The van der Waals surface area contributed by atoms with Gasteiger partial charge in [0.25, 0.3) is 5.91 Å². The van der Waals surface area contributed by atoms with Crippen LogP contribution in [0.5, 0.6) is 0 Å². The van der Waals surface area contributed by atoms with Gasteiger partial charge in [0, 0.05) is 34.9 Å². The lowest BCUT2D eigenvalue weighted by Gasteiger charge is -2.27. The predicted octanol–water partition coefficient (Wildman–Crippen LogP) is 5.70. The van der Waals surface area contributed by atoms with Gasteiger partial charge in [-0.1, -0.05) is 37.1 Å². The second kappa shape index (κ2) is 9.36. The number of fused-ring (bicyclic) bond motifs is 1. The first-order chi connectivity index (χ1) is 16.8. The summed E-state index contributed by atoms with van der Waals surface area (Å²) in [7, 11) is 1.73. The fraction of sp³-hybridized carbons (Fsp3) is 0.444. The molecule has 1 fully saturated rings. The third kappa shape index (κ3) is 4.25. The normalized spacial score (nSPS) is 18.3. The van der Waals surface area contributed by atoms with Crippen LogP contribution in [0, 0.1) is 5.92 Å². The van der Waals surface area contributed by atoms with Gasteiger partial charge in [-0.25, -0.2) is 4.39 Å². The molecule has 2 atom stereocenters. The molecule has 2 heterocycles. The van der Waals surface area contributed by atoms with Crippen molar-refractivity contribution in [1.29, 1.82) is 0 Å². The van der Waals surface area contributed by atoms with E-state index in [1.54, 1.807) is 41.6 Å². The summed E-state index contributed by atoms with van der Waals surface area (Å²) in [6.45, 7) is 5.22. The fourth-order valence-electron chi connectivity index (χ4n) is 5.05. The van der Waals surface area contributed by atoms with Crippen molar-refractivity contribution < 1.29 is 9.18 Å². The lowest BCUT2D eigenvalue weighted by Crippen LogP contribution is -2.29. The maximum absolute atomic E-state index is 16.2. The Balaban J connectivity index is 1.41. The van der Waals surface area contributed by atoms with Crippen LogP contribution in [0.25, 0.3) is 0 Å².